The van der Waals surface area contributed by atoms with Gasteiger partial charge in [0.25, 0.3) is 15.9 Å². The van der Waals surface area contributed by atoms with Gasteiger partial charge in [-0.25, -0.2) is 8.42 Å². The summed E-state index contributed by atoms with van der Waals surface area (Å²) in [6, 6.07) is 18.6. The van der Waals surface area contributed by atoms with Gasteiger partial charge in [0.15, 0.2) is 0 Å². The molecule has 0 atom stereocenters. The third-order valence-corrected chi connectivity index (χ3v) is 6.30. The molecule has 0 aliphatic heterocycles. The number of rotatable bonds is 6. The standard InChI is InChI=1S/C22H21ClN2O3S/c1-3-16-6-4-5-7-20(16)24-22(26)17-10-13-19(23)21(14-17)29(27,28)25-18-11-8-15(2)9-12-18/h4-14,25H,3H2,1-2H3,(H,24,26). The molecule has 0 aliphatic rings. The second-order valence-corrected chi connectivity index (χ2v) is 8.64. The maximum Gasteiger partial charge on any atom is 0.263 e. The van der Waals surface area contributed by atoms with E-state index in [1.165, 1.54) is 18.2 Å². The lowest BCUT2D eigenvalue weighted by Crippen LogP contribution is -2.17. The van der Waals surface area contributed by atoms with Crippen molar-refractivity contribution >= 4 is 38.9 Å². The Labute approximate surface area is 175 Å². The smallest absolute Gasteiger partial charge is 0.263 e. The van der Waals surface area contributed by atoms with Crippen molar-refractivity contribution in [2.75, 3.05) is 10.0 Å². The van der Waals surface area contributed by atoms with Gasteiger partial charge in [-0.3, -0.25) is 9.52 Å². The van der Waals surface area contributed by atoms with Gasteiger partial charge in [-0.05, 0) is 55.3 Å². The predicted molar refractivity (Wildman–Crippen MR) is 117 cm³/mol. The molecule has 0 aromatic heterocycles. The highest BCUT2D eigenvalue weighted by Crippen LogP contribution is 2.26. The van der Waals surface area contributed by atoms with E-state index in [4.69, 9.17) is 11.6 Å². The molecule has 0 spiro atoms. The van der Waals surface area contributed by atoms with Gasteiger partial charge >= 0.3 is 0 Å². The number of nitrogens with one attached hydrogen (secondary N) is 2. The van der Waals surface area contributed by atoms with Gasteiger partial charge in [0, 0.05) is 16.9 Å². The molecular weight excluding hydrogens is 408 g/mol. The summed E-state index contributed by atoms with van der Waals surface area (Å²) in [5, 5.41) is 2.87. The number of benzene rings is 3. The largest absolute Gasteiger partial charge is 0.322 e. The van der Waals surface area contributed by atoms with Crippen LogP contribution in [0.4, 0.5) is 11.4 Å². The van der Waals surface area contributed by atoms with E-state index in [2.05, 4.69) is 10.0 Å². The molecule has 0 heterocycles. The lowest BCUT2D eigenvalue weighted by molar-refractivity contribution is 0.102. The number of halogens is 1. The minimum absolute atomic E-state index is 0.0371. The van der Waals surface area contributed by atoms with E-state index < -0.39 is 15.9 Å². The van der Waals surface area contributed by atoms with Crippen LogP contribution in [0.5, 0.6) is 0 Å². The number of aryl methyl sites for hydroxylation is 2. The Morgan fingerprint density at radius 1 is 1.00 bits per heavy atom. The topological polar surface area (TPSA) is 75.3 Å². The Hall–Kier alpha value is -2.83. The number of anilines is 2. The first-order valence-electron chi connectivity index (χ1n) is 9.08. The fourth-order valence-corrected chi connectivity index (χ4v) is 4.41. The Morgan fingerprint density at radius 2 is 1.69 bits per heavy atom. The van der Waals surface area contributed by atoms with Crippen molar-refractivity contribution in [3.63, 3.8) is 0 Å². The Morgan fingerprint density at radius 3 is 2.38 bits per heavy atom. The van der Waals surface area contributed by atoms with E-state index in [1.54, 1.807) is 24.3 Å². The second-order valence-electron chi connectivity index (χ2n) is 6.58. The number of para-hydroxylation sites is 1. The third kappa shape index (κ3) is 4.96. The van der Waals surface area contributed by atoms with Crippen molar-refractivity contribution in [1.82, 2.24) is 0 Å². The van der Waals surface area contributed by atoms with Crippen LogP contribution in [0.15, 0.2) is 71.6 Å². The fraction of sp³-hybridized carbons (Fsp3) is 0.136. The first-order chi connectivity index (χ1) is 13.8. The van der Waals surface area contributed by atoms with Crippen LogP contribution in [0.1, 0.15) is 28.4 Å². The lowest BCUT2D eigenvalue weighted by Gasteiger charge is -2.13. The summed E-state index contributed by atoms with van der Waals surface area (Å²) in [6.45, 7) is 3.91. The molecule has 2 N–H and O–H groups in total. The number of sulfonamides is 1. The maximum absolute atomic E-state index is 12.8. The average Bonchev–Trinajstić information content (AvgIpc) is 2.70. The van der Waals surface area contributed by atoms with Gasteiger partial charge in [-0.15, -0.1) is 0 Å². The highest BCUT2D eigenvalue weighted by atomic mass is 35.5. The van der Waals surface area contributed by atoms with Gasteiger partial charge < -0.3 is 5.32 Å². The van der Waals surface area contributed by atoms with Gasteiger partial charge in [-0.1, -0.05) is 54.4 Å². The van der Waals surface area contributed by atoms with E-state index in [0.717, 1.165) is 17.5 Å². The first-order valence-corrected chi connectivity index (χ1v) is 10.9. The number of hydrogen-bond donors (Lipinski definition) is 2. The van der Waals surface area contributed by atoms with E-state index in [1.807, 2.05) is 38.1 Å². The second kappa shape index (κ2) is 8.68. The minimum atomic E-state index is -3.96. The highest BCUT2D eigenvalue weighted by molar-refractivity contribution is 7.92. The molecule has 0 radical (unpaired) electrons. The molecule has 1 amide bonds. The molecule has 3 aromatic carbocycles. The zero-order chi connectivity index (χ0) is 21.0. The molecule has 3 rings (SSSR count). The quantitative estimate of drug-likeness (QED) is 0.562. The van der Waals surface area contributed by atoms with Crippen LogP contribution < -0.4 is 10.0 Å². The Balaban J connectivity index is 1.89. The number of carbonyl (C=O) groups excluding carboxylic acids is 1. The average molecular weight is 429 g/mol. The SMILES string of the molecule is CCc1ccccc1NC(=O)c1ccc(Cl)c(S(=O)(=O)Nc2ccc(C)cc2)c1. The van der Waals surface area contributed by atoms with Crippen molar-refractivity contribution in [3.8, 4) is 0 Å². The molecule has 29 heavy (non-hydrogen) atoms. The van der Waals surface area contributed by atoms with Crippen LogP contribution in [0, 0.1) is 6.92 Å². The molecule has 5 nitrogen and oxygen atoms in total. The van der Waals surface area contributed by atoms with Crippen molar-refractivity contribution in [1.29, 1.82) is 0 Å². The molecule has 150 valence electrons. The van der Waals surface area contributed by atoms with Crippen molar-refractivity contribution in [2.24, 2.45) is 0 Å². The highest BCUT2D eigenvalue weighted by Gasteiger charge is 2.21. The number of amides is 1. The van der Waals surface area contributed by atoms with Crippen LogP contribution in [-0.2, 0) is 16.4 Å². The van der Waals surface area contributed by atoms with Crippen molar-refractivity contribution < 1.29 is 13.2 Å². The zero-order valence-electron chi connectivity index (χ0n) is 16.1. The first kappa shape index (κ1) is 20.9. The van der Waals surface area contributed by atoms with Crippen molar-refractivity contribution in [3.05, 3.63) is 88.4 Å². The van der Waals surface area contributed by atoms with Crippen LogP contribution >= 0.6 is 11.6 Å². The molecule has 0 aliphatic carbocycles. The normalized spacial score (nSPS) is 11.1. The third-order valence-electron chi connectivity index (χ3n) is 4.43. The molecule has 0 unspecified atom stereocenters. The van der Waals surface area contributed by atoms with E-state index >= 15 is 0 Å². The van der Waals surface area contributed by atoms with Gasteiger partial charge in [0.2, 0.25) is 0 Å². The van der Waals surface area contributed by atoms with Gasteiger partial charge in [-0.2, -0.15) is 0 Å². The van der Waals surface area contributed by atoms with Gasteiger partial charge in [0.05, 0.1) is 5.02 Å². The number of carbonyl (C=O) groups is 1. The summed E-state index contributed by atoms with van der Waals surface area (Å²) in [7, 11) is -3.96. The summed E-state index contributed by atoms with van der Waals surface area (Å²) in [5.41, 5.74) is 3.31. The molecule has 0 saturated carbocycles. The van der Waals surface area contributed by atoms with Crippen LogP contribution in [0.3, 0.4) is 0 Å². The fourth-order valence-electron chi connectivity index (χ4n) is 2.83. The molecule has 0 saturated heterocycles. The van der Waals surface area contributed by atoms with E-state index in [-0.39, 0.29) is 15.5 Å². The molecule has 0 fully saturated rings. The summed E-state index contributed by atoms with van der Waals surface area (Å²) < 4.78 is 28.1. The molecule has 0 bridgehead atoms. The van der Waals surface area contributed by atoms with Crippen LogP contribution in [-0.4, -0.2) is 14.3 Å². The Bertz CT molecular complexity index is 1140. The minimum Gasteiger partial charge on any atom is -0.322 e. The summed E-state index contributed by atoms with van der Waals surface area (Å²) in [6.07, 6.45) is 0.761. The molecular formula is C22H21ClN2O3S. The monoisotopic (exact) mass is 428 g/mol. The van der Waals surface area contributed by atoms with Crippen LogP contribution in [0.2, 0.25) is 5.02 Å². The Kier molecular flexibility index (Phi) is 6.25. The molecule has 3 aromatic rings. The predicted octanol–water partition coefficient (Wildman–Crippen LogP) is 5.26. The lowest BCUT2D eigenvalue weighted by atomic mass is 10.1. The van der Waals surface area contributed by atoms with Crippen LogP contribution in [0.25, 0.3) is 0 Å². The van der Waals surface area contributed by atoms with Crippen molar-refractivity contribution in [2.45, 2.75) is 25.2 Å². The maximum atomic E-state index is 12.8. The summed E-state index contributed by atoms with van der Waals surface area (Å²) in [4.78, 5) is 12.5. The van der Waals surface area contributed by atoms with E-state index in [0.29, 0.717) is 11.4 Å². The van der Waals surface area contributed by atoms with Gasteiger partial charge in [0.1, 0.15) is 4.90 Å². The summed E-state index contributed by atoms with van der Waals surface area (Å²) in [5.74, 6) is -0.408. The zero-order valence-corrected chi connectivity index (χ0v) is 17.6. The number of hydrogen-bond acceptors (Lipinski definition) is 3. The van der Waals surface area contributed by atoms with E-state index in [9.17, 15) is 13.2 Å². The molecule has 7 heteroatoms. The summed E-state index contributed by atoms with van der Waals surface area (Å²) >= 11 is 6.13.